The molecule has 15 heavy (non-hydrogen) atoms. The van der Waals surface area contributed by atoms with Crippen LogP contribution in [0.4, 0.5) is 0 Å². The largest absolute Gasteiger partial charge is 0.488 e. The number of hydrogen-bond donors (Lipinski definition) is 2. The summed E-state index contributed by atoms with van der Waals surface area (Å²) in [6, 6.07) is 7.04. The summed E-state index contributed by atoms with van der Waals surface area (Å²) in [5, 5.41) is 18.1. The van der Waals surface area contributed by atoms with Crippen molar-refractivity contribution in [3.05, 3.63) is 36.7 Å². The first-order valence-electron chi connectivity index (χ1n) is 4.62. The van der Waals surface area contributed by atoms with E-state index < -0.39 is 7.12 Å². The van der Waals surface area contributed by atoms with Gasteiger partial charge in [0.25, 0.3) is 0 Å². The third-order valence-corrected chi connectivity index (χ3v) is 2.26. The van der Waals surface area contributed by atoms with Gasteiger partial charge >= 0.3 is 7.12 Å². The van der Waals surface area contributed by atoms with Crippen molar-refractivity contribution in [2.75, 3.05) is 0 Å². The van der Waals surface area contributed by atoms with Crippen LogP contribution < -0.4 is 5.46 Å². The lowest BCUT2D eigenvalue weighted by atomic mass is 9.79. The van der Waals surface area contributed by atoms with E-state index >= 15 is 0 Å². The molecule has 5 heteroatoms. The number of aryl methyl sites for hydroxylation is 1. The summed E-state index contributed by atoms with van der Waals surface area (Å²) < 4.78 is 1.88. The summed E-state index contributed by atoms with van der Waals surface area (Å²) in [7, 11) is 0.454. The van der Waals surface area contributed by atoms with Gasteiger partial charge in [-0.15, -0.1) is 0 Å². The summed E-state index contributed by atoms with van der Waals surface area (Å²) in [5.74, 6) is 0.803. The number of aromatic nitrogens is 2. The Morgan fingerprint density at radius 3 is 2.73 bits per heavy atom. The molecule has 4 nitrogen and oxygen atoms in total. The van der Waals surface area contributed by atoms with Crippen LogP contribution in [-0.4, -0.2) is 26.7 Å². The fourth-order valence-electron chi connectivity index (χ4n) is 1.48. The molecule has 1 heterocycles. The maximum atomic E-state index is 9.04. The van der Waals surface area contributed by atoms with Gasteiger partial charge in [0.15, 0.2) is 0 Å². The van der Waals surface area contributed by atoms with E-state index in [1.54, 1.807) is 24.4 Å². The van der Waals surface area contributed by atoms with Crippen LogP contribution in [0.1, 0.15) is 0 Å². The number of hydrogen-bond acceptors (Lipinski definition) is 3. The first kappa shape index (κ1) is 9.95. The Kier molecular flexibility index (Phi) is 2.57. The fourth-order valence-corrected chi connectivity index (χ4v) is 1.48. The fraction of sp³-hybridized carbons (Fsp3) is 0.100. The second kappa shape index (κ2) is 3.88. The zero-order valence-corrected chi connectivity index (χ0v) is 8.33. The molecule has 0 atom stereocenters. The maximum Gasteiger partial charge on any atom is 0.488 e. The van der Waals surface area contributed by atoms with Gasteiger partial charge in [0.05, 0.1) is 0 Å². The second-order valence-electron chi connectivity index (χ2n) is 3.36. The van der Waals surface area contributed by atoms with E-state index in [4.69, 9.17) is 10.0 Å². The van der Waals surface area contributed by atoms with Crippen LogP contribution in [0.3, 0.4) is 0 Å². The van der Waals surface area contributed by atoms with Crippen molar-refractivity contribution in [3.8, 4) is 11.4 Å². The molecule has 0 fully saturated rings. The number of rotatable bonds is 2. The van der Waals surface area contributed by atoms with E-state index in [0.29, 0.717) is 5.46 Å². The van der Waals surface area contributed by atoms with Crippen LogP contribution in [0.5, 0.6) is 0 Å². The minimum atomic E-state index is -1.44. The van der Waals surface area contributed by atoms with E-state index in [0.717, 1.165) is 11.4 Å². The van der Waals surface area contributed by atoms with Gasteiger partial charge in [0.2, 0.25) is 0 Å². The summed E-state index contributed by atoms with van der Waals surface area (Å²) in [4.78, 5) is 4.19. The first-order valence-corrected chi connectivity index (χ1v) is 4.62. The molecule has 0 amide bonds. The number of benzene rings is 1. The highest BCUT2D eigenvalue weighted by atomic mass is 16.4. The third-order valence-electron chi connectivity index (χ3n) is 2.26. The lowest BCUT2D eigenvalue weighted by Gasteiger charge is -2.04. The molecule has 0 spiro atoms. The third kappa shape index (κ3) is 1.93. The van der Waals surface area contributed by atoms with Gasteiger partial charge in [-0.3, -0.25) is 0 Å². The molecule has 1 aromatic carbocycles. The molecule has 2 aromatic rings. The summed E-state index contributed by atoms with van der Waals surface area (Å²) in [6.45, 7) is 0. The van der Waals surface area contributed by atoms with E-state index in [1.165, 1.54) is 0 Å². The van der Waals surface area contributed by atoms with Gasteiger partial charge in [0, 0.05) is 25.0 Å². The summed E-state index contributed by atoms with van der Waals surface area (Å²) in [5.41, 5.74) is 1.34. The van der Waals surface area contributed by atoms with Gasteiger partial charge in [-0.1, -0.05) is 24.3 Å². The Bertz CT molecular complexity index is 468. The van der Waals surface area contributed by atoms with Crippen molar-refractivity contribution < 1.29 is 10.0 Å². The van der Waals surface area contributed by atoms with Gasteiger partial charge < -0.3 is 14.6 Å². The minimum Gasteiger partial charge on any atom is -0.423 e. The lowest BCUT2D eigenvalue weighted by molar-refractivity contribution is 0.426. The molecule has 76 valence electrons. The Hall–Kier alpha value is -1.59. The molecule has 0 unspecified atom stereocenters. The highest BCUT2D eigenvalue weighted by molar-refractivity contribution is 6.58. The van der Waals surface area contributed by atoms with Crippen molar-refractivity contribution in [1.29, 1.82) is 0 Å². The van der Waals surface area contributed by atoms with Crippen LogP contribution in [0.2, 0.25) is 0 Å². The Morgan fingerprint density at radius 2 is 2.13 bits per heavy atom. The molecular formula is C10H11BN2O2. The zero-order chi connectivity index (χ0) is 10.8. The average Bonchev–Trinajstić information content (AvgIpc) is 2.64. The predicted molar refractivity (Wildman–Crippen MR) is 58.5 cm³/mol. The molecule has 0 saturated carbocycles. The molecule has 2 rings (SSSR count). The number of nitrogens with zero attached hydrogens (tertiary/aromatic N) is 2. The van der Waals surface area contributed by atoms with Crippen LogP contribution in [0.15, 0.2) is 36.7 Å². The molecule has 0 saturated heterocycles. The average molecular weight is 202 g/mol. The maximum absolute atomic E-state index is 9.04. The van der Waals surface area contributed by atoms with E-state index in [-0.39, 0.29) is 0 Å². The van der Waals surface area contributed by atoms with Gasteiger partial charge in [-0.25, -0.2) is 4.98 Å². The van der Waals surface area contributed by atoms with Crippen molar-refractivity contribution >= 4 is 12.6 Å². The molecule has 2 N–H and O–H groups in total. The second-order valence-corrected chi connectivity index (χ2v) is 3.36. The van der Waals surface area contributed by atoms with Crippen LogP contribution in [0.25, 0.3) is 11.4 Å². The molecule has 0 aliphatic rings. The number of imidazole rings is 1. The predicted octanol–water partition coefficient (Wildman–Crippen LogP) is -0.233. The zero-order valence-electron chi connectivity index (χ0n) is 8.33. The van der Waals surface area contributed by atoms with Crippen molar-refractivity contribution in [2.45, 2.75) is 0 Å². The Morgan fingerprint density at radius 1 is 1.33 bits per heavy atom. The van der Waals surface area contributed by atoms with E-state index in [2.05, 4.69) is 4.98 Å². The molecule has 0 aliphatic heterocycles. The van der Waals surface area contributed by atoms with Crippen molar-refractivity contribution in [3.63, 3.8) is 0 Å². The lowest BCUT2D eigenvalue weighted by Crippen LogP contribution is -2.29. The van der Waals surface area contributed by atoms with Crippen LogP contribution in [0, 0.1) is 0 Å². The van der Waals surface area contributed by atoms with Gasteiger partial charge in [-0.2, -0.15) is 0 Å². The van der Waals surface area contributed by atoms with E-state index in [1.807, 2.05) is 23.9 Å². The Balaban J connectivity index is 2.46. The molecule has 0 aliphatic carbocycles. The SMILES string of the molecule is Cn1ccnc1-c1cccc(B(O)O)c1. The molecule has 0 radical (unpaired) electrons. The quantitative estimate of drug-likeness (QED) is 0.661. The standard InChI is InChI=1S/C10H11BN2O2/c1-13-6-5-12-10(13)8-3-2-4-9(7-8)11(14)15/h2-7,14-15H,1H3. The van der Waals surface area contributed by atoms with Gasteiger partial charge in [-0.05, 0) is 5.46 Å². The minimum absolute atomic E-state index is 0.468. The van der Waals surface area contributed by atoms with Crippen LogP contribution in [-0.2, 0) is 7.05 Å². The Labute approximate surface area is 88.0 Å². The molecule has 0 bridgehead atoms. The molecule has 1 aromatic heterocycles. The highest BCUT2D eigenvalue weighted by Crippen LogP contribution is 2.14. The molecular weight excluding hydrogens is 191 g/mol. The highest BCUT2D eigenvalue weighted by Gasteiger charge is 2.12. The van der Waals surface area contributed by atoms with Crippen LogP contribution >= 0.6 is 0 Å². The first-order chi connectivity index (χ1) is 7.18. The summed E-state index contributed by atoms with van der Waals surface area (Å²) in [6.07, 6.45) is 3.55. The van der Waals surface area contributed by atoms with Crippen molar-refractivity contribution in [1.82, 2.24) is 9.55 Å². The monoisotopic (exact) mass is 202 g/mol. The summed E-state index contributed by atoms with van der Waals surface area (Å²) >= 11 is 0. The topological polar surface area (TPSA) is 58.3 Å². The van der Waals surface area contributed by atoms with E-state index in [9.17, 15) is 0 Å². The van der Waals surface area contributed by atoms with Crippen molar-refractivity contribution in [2.24, 2.45) is 7.05 Å². The van der Waals surface area contributed by atoms with Gasteiger partial charge in [0.1, 0.15) is 5.82 Å². The smallest absolute Gasteiger partial charge is 0.423 e. The normalized spacial score (nSPS) is 10.3.